The molecule has 2 aliphatic heterocycles. The van der Waals surface area contributed by atoms with Crippen LogP contribution in [0.1, 0.15) is 25.8 Å². The fourth-order valence-electron chi connectivity index (χ4n) is 2.92. The minimum absolute atomic E-state index is 0.151. The highest BCUT2D eigenvalue weighted by molar-refractivity contribution is 7.89. The zero-order valence-electron chi connectivity index (χ0n) is 10.9. The largest absolute Gasteiger partial charge is 0.371 e. The predicted octanol–water partition coefficient (Wildman–Crippen LogP) is 0.0337. The molecule has 3 heterocycles. The molecule has 19 heavy (non-hydrogen) atoms. The lowest BCUT2D eigenvalue weighted by atomic mass is 9.97. The molecular formula is C11H18N4O3S. The maximum absolute atomic E-state index is 11.9. The van der Waals surface area contributed by atoms with Crippen LogP contribution in [0, 0.1) is 0 Å². The lowest BCUT2D eigenvalue weighted by molar-refractivity contribution is 0.0165. The van der Waals surface area contributed by atoms with Crippen molar-refractivity contribution < 1.29 is 13.2 Å². The summed E-state index contributed by atoms with van der Waals surface area (Å²) in [6, 6.07) is 0.208. The third kappa shape index (κ3) is 2.28. The molecule has 1 spiro atoms. The van der Waals surface area contributed by atoms with Gasteiger partial charge in [0, 0.05) is 19.5 Å². The van der Waals surface area contributed by atoms with Gasteiger partial charge in [0.05, 0.1) is 24.0 Å². The van der Waals surface area contributed by atoms with E-state index in [0.29, 0.717) is 19.7 Å². The molecule has 1 aromatic rings. The second kappa shape index (κ2) is 4.53. The van der Waals surface area contributed by atoms with Crippen molar-refractivity contribution in [3.8, 4) is 0 Å². The fraction of sp³-hybridized carbons (Fsp3) is 0.818. The first-order chi connectivity index (χ1) is 9.05. The van der Waals surface area contributed by atoms with Gasteiger partial charge in [-0.2, -0.15) is 4.31 Å². The van der Waals surface area contributed by atoms with Gasteiger partial charge < -0.3 is 9.30 Å². The molecule has 106 valence electrons. The summed E-state index contributed by atoms with van der Waals surface area (Å²) in [6.45, 7) is 3.31. The number of aromatic nitrogens is 3. The molecule has 0 radical (unpaired) electrons. The van der Waals surface area contributed by atoms with Gasteiger partial charge in [0.15, 0.2) is 0 Å². The Morgan fingerprint density at radius 3 is 2.84 bits per heavy atom. The quantitative estimate of drug-likeness (QED) is 0.783. The summed E-state index contributed by atoms with van der Waals surface area (Å²) in [5, 5.41) is 7.60. The van der Waals surface area contributed by atoms with Crippen LogP contribution in [-0.2, 0) is 14.8 Å². The summed E-state index contributed by atoms with van der Waals surface area (Å²) < 4.78 is 33.2. The van der Waals surface area contributed by atoms with E-state index in [4.69, 9.17) is 4.74 Å². The van der Waals surface area contributed by atoms with Gasteiger partial charge in [-0.15, -0.1) is 10.2 Å². The molecule has 0 saturated carbocycles. The van der Waals surface area contributed by atoms with Crippen molar-refractivity contribution in [2.75, 3.05) is 25.4 Å². The van der Waals surface area contributed by atoms with Crippen LogP contribution in [0.15, 0.2) is 12.7 Å². The highest BCUT2D eigenvalue weighted by atomic mass is 32.2. The number of rotatable bonds is 3. The minimum atomic E-state index is -3.11. The standard InChI is InChI=1S/C11H18N4O3S/c1-2-19(16,17)15-4-3-11(7-15)5-10(6-18-11)14-8-12-13-9-14/h8-10H,2-7H2,1H3. The van der Waals surface area contributed by atoms with Crippen molar-refractivity contribution in [3.05, 3.63) is 12.7 Å². The molecule has 2 atom stereocenters. The van der Waals surface area contributed by atoms with E-state index in [0.717, 1.165) is 12.8 Å². The highest BCUT2D eigenvalue weighted by Crippen LogP contribution is 2.40. The molecule has 2 unspecified atom stereocenters. The van der Waals surface area contributed by atoms with Crippen LogP contribution in [-0.4, -0.2) is 58.5 Å². The Kier molecular flexibility index (Phi) is 3.11. The first-order valence-corrected chi connectivity index (χ1v) is 8.11. The molecular weight excluding hydrogens is 268 g/mol. The van der Waals surface area contributed by atoms with Gasteiger partial charge >= 0.3 is 0 Å². The summed E-state index contributed by atoms with van der Waals surface area (Å²) in [4.78, 5) is 0. The molecule has 1 aromatic heterocycles. The average molecular weight is 286 g/mol. The lowest BCUT2D eigenvalue weighted by Gasteiger charge is -2.23. The van der Waals surface area contributed by atoms with Gasteiger partial charge in [0.2, 0.25) is 10.0 Å². The third-order valence-corrected chi connectivity index (χ3v) is 5.92. The van der Waals surface area contributed by atoms with Gasteiger partial charge in [-0.25, -0.2) is 8.42 Å². The third-order valence-electron chi connectivity index (χ3n) is 4.09. The number of ether oxygens (including phenoxy) is 1. The second-order valence-electron chi connectivity index (χ2n) is 5.25. The van der Waals surface area contributed by atoms with E-state index in [1.165, 1.54) is 0 Å². The maximum Gasteiger partial charge on any atom is 0.213 e. The van der Waals surface area contributed by atoms with Crippen LogP contribution in [0.3, 0.4) is 0 Å². The Morgan fingerprint density at radius 2 is 2.16 bits per heavy atom. The van der Waals surface area contributed by atoms with E-state index in [1.54, 1.807) is 23.9 Å². The van der Waals surface area contributed by atoms with E-state index in [-0.39, 0.29) is 17.4 Å². The van der Waals surface area contributed by atoms with Gasteiger partial charge in [0.25, 0.3) is 0 Å². The topological polar surface area (TPSA) is 77.3 Å². The predicted molar refractivity (Wildman–Crippen MR) is 68.0 cm³/mol. The number of nitrogens with zero attached hydrogens (tertiary/aromatic N) is 4. The first kappa shape index (κ1) is 13.0. The molecule has 0 bridgehead atoms. The lowest BCUT2D eigenvalue weighted by Crippen LogP contribution is -2.36. The normalized spacial score (nSPS) is 32.4. The molecule has 0 aromatic carbocycles. The Morgan fingerprint density at radius 1 is 1.42 bits per heavy atom. The van der Waals surface area contributed by atoms with Crippen molar-refractivity contribution in [3.63, 3.8) is 0 Å². The average Bonchev–Trinajstić information content (AvgIpc) is 3.11. The van der Waals surface area contributed by atoms with Crippen LogP contribution in [0.25, 0.3) is 0 Å². The molecule has 2 saturated heterocycles. The van der Waals surface area contributed by atoms with Crippen LogP contribution in [0.2, 0.25) is 0 Å². The van der Waals surface area contributed by atoms with Crippen LogP contribution in [0.5, 0.6) is 0 Å². The molecule has 0 amide bonds. The van der Waals surface area contributed by atoms with Crippen molar-refractivity contribution in [1.82, 2.24) is 19.1 Å². The Balaban J connectivity index is 1.71. The molecule has 8 heteroatoms. The number of hydrogen-bond acceptors (Lipinski definition) is 5. The number of sulfonamides is 1. The van der Waals surface area contributed by atoms with E-state index in [9.17, 15) is 8.42 Å². The number of hydrogen-bond donors (Lipinski definition) is 0. The van der Waals surface area contributed by atoms with Gasteiger partial charge in [0.1, 0.15) is 12.7 Å². The van der Waals surface area contributed by atoms with E-state index in [2.05, 4.69) is 10.2 Å². The Bertz CT molecular complexity index is 544. The van der Waals surface area contributed by atoms with Crippen LogP contribution >= 0.6 is 0 Å². The zero-order chi connectivity index (χ0) is 13.5. The van der Waals surface area contributed by atoms with Gasteiger partial charge in [-0.1, -0.05) is 0 Å². The molecule has 2 aliphatic rings. The summed E-state index contributed by atoms with van der Waals surface area (Å²) in [5.41, 5.74) is -0.322. The summed E-state index contributed by atoms with van der Waals surface area (Å²) in [7, 11) is -3.11. The van der Waals surface area contributed by atoms with Crippen molar-refractivity contribution >= 4 is 10.0 Å². The van der Waals surface area contributed by atoms with E-state index < -0.39 is 10.0 Å². The van der Waals surface area contributed by atoms with Gasteiger partial charge in [-0.3, -0.25) is 0 Å². The minimum Gasteiger partial charge on any atom is -0.371 e. The molecule has 2 fully saturated rings. The Hall–Kier alpha value is -0.990. The van der Waals surface area contributed by atoms with E-state index >= 15 is 0 Å². The summed E-state index contributed by atoms with van der Waals surface area (Å²) in [5.74, 6) is 0.151. The first-order valence-electron chi connectivity index (χ1n) is 6.51. The highest BCUT2D eigenvalue weighted by Gasteiger charge is 2.48. The molecule has 0 aliphatic carbocycles. The smallest absolute Gasteiger partial charge is 0.213 e. The van der Waals surface area contributed by atoms with Crippen molar-refractivity contribution in [2.24, 2.45) is 0 Å². The fourth-order valence-corrected chi connectivity index (χ4v) is 4.09. The second-order valence-corrected chi connectivity index (χ2v) is 7.50. The van der Waals surface area contributed by atoms with Crippen LogP contribution in [0.4, 0.5) is 0 Å². The maximum atomic E-state index is 11.9. The van der Waals surface area contributed by atoms with Gasteiger partial charge in [-0.05, 0) is 13.3 Å². The van der Waals surface area contributed by atoms with Crippen molar-refractivity contribution in [1.29, 1.82) is 0 Å². The zero-order valence-corrected chi connectivity index (χ0v) is 11.7. The monoisotopic (exact) mass is 286 g/mol. The molecule has 0 N–H and O–H groups in total. The SMILES string of the molecule is CCS(=O)(=O)N1CCC2(CC(n3cnnc3)CO2)C1. The summed E-state index contributed by atoms with van der Waals surface area (Å²) in [6.07, 6.45) is 4.96. The van der Waals surface area contributed by atoms with Crippen LogP contribution < -0.4 is 0 Å². The Labute approximate surface area is 112 Å². The summed E-state index contributed by atoms with van der Waals surface area (Å²) >= 11 is 0. The van der Waals surface area contributed by atoms with Crippen molar-refractivity contribution in [2.45, 2.75) is 31.4 Å². The van der Waals surface area contributed by atoms with E-state index in [1.807, 2.05) is 4.57 Å². The molecule has 7 nitrogen and oxygen atoms in total. The molecule has 3 rings (SSSR count).